The Hall–Kier alpha value is -1.22. The lowest BCUT2D eigenvalue weighted by atomic mass is 9.60. The van der Waals surface area contributed by atoms with Crippen molar-refractivity contribution in [3.63, 3.8) is 0 Å². The van der Waals surface area contributed by atoms with Gasteiger partial charge in [0.05, 0.1) is 7.11 Å². The highest BCUT2D eigenvalue weighted by atomic mass is 16.5. The molecule has 1 aromatic rings. The molecule has 98 valence electrons. The van der Waals surface area contributed by atoms with E-state index in [0.29, 0.717) is 11.5 Å². The van der Waals surface area contributed by atoms with Gasteiger partial charge in [-0.25, -0.2) is 0 Å². The quantitative estimate of drug-likeness (QED) is 0.860. The summed E-state index contributed by atoms with van der Waals surface area (Å²) >= 11 is 0. The van der Waals surface area contributed by atoms with Crippen molar-refractivity contribution in [2.45, 2.75) is 31.7 Å². The molecule has 2 aliphatic rings. The van der Waals surface area contributed by atoms with Crippen molar-refractivity contribution in [3.05, 3.63) is 24.3 Å². The molecule has 1 aromatic carbocycles. The zero-order valence-electron chi connectivity index (χ0n) is 11.0. The summed E-state index contributed by atoms with van der Waals surface area (Å²) in [5.74, 6) is 0.920. The predicted molar refractivity (Wildman–Crippen MR) is 74.2 cm³/mol. The molecule has 1 saturated heterocycles. The minimum Gasteiger partial charge on any atom is -0.497 e. The SMILES string of the molecule is COc1ccc(NC2CC3(CCNCC3)C2)cc1. The molecule has 3 rings (SSSR count). The first-order chi connectivity index (χ1) is 8.80. The van der Waals surface area contributed by atoms with Crippen LogP contribution in [0.2, 0.25) is 0 Å². The van der Waals surface area contributed by atoms with Gasteiger partial charge < -0.3 is 15.4 Å². The Labute approximate surface area is 109 Å². The highest BCUT2D eigenvalue weighted by Crippen LogP contribution is 2.48. The predicted octanol–water partition coefficient (Wildman–Crippen LogP) is 2.64. The Morgan fingerprint density at radius 2 is 1.83 bits per heavy atom. The van der Waals surface area contributed by atoms with Crippen LogP contribution in [0.1, 0.15) is 25.7 Å². The number of hydrogen-bond acceptors (Lipinski definition) is 3. The smallest absolute Gasteiger partial charge is 0.119 e. The summed E-state index contributed by atoms with van der Waals surface area (Å²) in [4.78, 5) is 0. The lowest BCUT2D eigenvalue weighted by molar-refractivity contribution is 0.0718. The summed E-state index contributed by atoms with van der Waals surface area (Å²) in [7, 11) is 1.70. The second kappa shape index (κ2) is 4.81. The van der Waals surface area contributed by atoms with Gasteiger partial charge in [-0.2, -0.15) is 0 Å². The van der Waals surface area contributed by atoms with Gasteiger partial charge in [-0.15, -0.1) is 0 Å². The molecule has 0 amide bonds. The van der Waals surface area contributed by atoms with Gasteiger partial charge in [0, 0.05) is 11.7 Å². The topological polar surface area (TPSA) is 33.3 Å². The molecule has 3 nitrogen and oxygen atoms in total. The summed E-state index contributed by atoms with van der Waals surface area (Å²) in [5, 5.41) is 7.08. The van der Waals surface area contributed by atoms with Gasteiger partial charge in [0.1, 0.15) is 5.75 Å². The molecule has 1 heterocycles. The second-order valence-electron chi connectivity index (χ2n) is 5.73. The van der Waals surface area contributed by atoms with Gasteiger partial charge in [-0.1, -0.05) is 0 Å². The van der Waals surface area contributed by atoms with Crippen molar-refractivity contribution in [1.82, 2.24) is 5.32 Å². The van der Waals surface area contributed by atoms with Gasteiger partial charge in [0.15, 0.2) is 0 Å². The zero-order chi connectivity index (χ0) is 12.4. The van der Waals surface area contributed by atoms with Gasteiger partial charge in [0.25, 0.3) is 0 Å². The molecule has 1 aliphatic carbocycles. The molecule has 3 heteroatoms. The lowest BCUT2D eigenvalue weighted by Crippen LogP contribution is -2.50. The third-order valence-corrected chi connectivity index (χ3v) is 4.48. The van der Waals surface area contributed by atoms with E-state index in [1.54, 1.807) is 7.11 Å². The molecule has 1 spiro atoms. The molecule has 2 fully saturated rings. The summed E-state index contributed by atoms with van der Waals surface area (Å²) in [6, 6.07) is 8.90. The van der Waals surface area contributed by atoms with Crippen LogP contribution in [0.5, 0.6) is 5.75 Å². The summed E-state index contributed by atoms with van der Waals surface area (Å²) in [6.07, 6.45) is 5.38. The Bertz CT molecular complexity index is 387. The van der Waals surface area contributed by atoms with Crippen molar-refractivity contribution >= 4 is 5.69 Å². The zero-order valence-corrected chi connectivity index (χ0v) is 11.0. The molecular weight excluding hydrogens is 224 g/mol. The van der Waals surface area contributed by atoms with Gasteiger partial charge in [0.2, 0.25) is 0 Å². The minimum absolute atomic E-state index is 0.648. The second-order valence-corrected chi connectivity index (χ2v) is 5.73. The van der Waals surface area contributed by atoms with E-state index in [0.717, 1.165) is 5.75 Å². The summed E-state index contributed by atoms with van der Waals surface area (Å²) in [5.41, 5.74) is 1.86. The molecule has 0 aromatic heterocycles. The number of piperidine rings is 1. The maximum atomic E-state index is 5.17. The first-order valence-electron chi connectivity index (χ1n) is 6.91. The van der Waals surface area contributed by atoms with E-state index >= 15 is 0 Å². The van der Waals surface area contributed by atoms with Gasteiger partial charge >= 0.3 is 0 Å². The third-order valence-electron chi connectivity index (χ3n) is 4.48. The summed E-state index contributed by atoms with van der Waals surface area (Å²) < 4.78 is 5.17. The van der Waals surface area contributed by atoms with Crippen molar-refractivity contribution in [2.24, 2.45) is 5.41 Å². The fourth-order valence-corrected chi connectivity index (χ4v) is 3.38. The highest BCUT2D eigenvalue weighted by molar-refractivity contribution is 5.47. The van der Waals surface area contributed by atoms with E-state index in [2.05, 4.69) is 22.8 Å². The number of anilines is 1. The lowest BCUT2D eigenvalue weighted by Gasteiger charge is -2.50. The maximum absolute atomic E-state index is 5.17. The van der Waals surface area contributed by atoms with Gasteiger partial charge in [-0.05, 0) is 68.5 Å². The standard InChI is InChI=1S/C15H22N2O/c1-18-14-4-2-12(3-5-14)17-13-10-15(11-13)6-8-16-9-7-15/h2-5,13,16-17H,6-11H2,1H3. The fraction of sp³-hybridized carbons (Fsp3) is 0.600. The van der Waals surface area contributed by atoms with Crippen LogP contribution >= 0.6 is 0 Å². The Morgan fingerprint density at radius 3 is 2.44 bits per heavy atom. The average molecular weight is 246 g/mol. The number of methoxy groups -OCH3 is 1. The maximum Gasteiger partial charge on any atom is 0.119 e. The number of ether oxygens (including phenoxy) is 1. The van der Waals surface area contributed by atoms with E-state index < -0.39 is 0 Å². The van der Waals surface area contributed by atoms with Crippen LogP contribution in [0.25, 0.3) is 0 Å². The van der Waals surface area contributed by atoms with Crippen LogP contribution in [-0.2, 0) is 0 Å². The molecular formula is C15H22N2O. The van der Waals surface area contributed by atoms with E-state index in [9.17, 15) is 0 Å². The first-order valence-corrected chi connectivity index (χ1v) is 6.91. The van der Waals surface area contributed by atoms with Crippen molar-refractivity contribution in [3.8, 4) is 5.75 Å². The first kappa shape index (κ1) is 11.8. The molecule has 1 aliphatic heterocycles. The molecule has 0 atom stereocenters. The van der Waals surface area contributed by atoms with Crippen LogP contribution in [0, 0.1) is 5.41 Å². The average Bonchev–Trinajstić information content (AvgIpc) is 2.39. The van der Waals surface area contributed by atoms with Crippen LogP contribution in [0.15, 0.2) is 24.3 Å². The van der Waals surface area contributed by atoms with E-state index in [4.69, 9.17) is 4.74 Å². The minimum atomic E-state index is 0.648. The van der Waals surface area contributed by atoms with Crippen molar-refractivity contribution in [2.75, 3.05) is 25.5 Å². The largest absolute Gasteiger partial charge is 0.497 e. The summed E-state index contributed by atoms with van der Waals surface area (Å²) in [6.45, 7) is 2.41. The van der Waals surface area contributed by atoms with Crippen molar-refractivity contribution in [1.29, 1.82) is 0 Å². The molecule has 0 bridgehead atoms. The third kappa shape index (κ3) is 2.32. The Balaban J connectivity index is 1.52. The van der Waals surface area contributed by atoms with Crippen molar-refractivity contribution < 1.29 is 4.74 Å². The molecule has 1 saturated carbocycles. The molecule has 18 heavy (non-hydrogen) atoms. The highest BCUT2D eigenvalue weighted by Gasteiger charge is 2.44. The number of rotatable bonds is 3. The molecule has 0 radical (unpaired) electrons. The van der Waals surface area contributed by atoms with E-state index in [-0.39, 0.29) is 0 Å². The molecule has 0 unspecified atom stereocenters. The van der Waals surface area contributed by atoms with E-state index in [1.807, 2.05) is 12.1 Å². The Kier molecular flexibility index (Phi) is 3.16. The normalized spacial score (nSPS) is 22.5. The Morgan fingerprint density at radius 1 is 1.17 bits per heavy atom. The molecule has 2 N–H and O–H groups in total. The monoisotopic (exact) mass is 246 g/mol. The number of nitrogens with one attached hydrogen (secondary N) is 2. The van der Waals surface area contributed by atoms with E-state index in [1.165, 1.54) is 44.5 Å². The fourth-order valence-electron chi connectivity index (χ4n) is 3.38. The van der Waals surface area contributed by atoms with Crippen LogP contribution in [-0.4, -0.2) is 26.2 Å². The van der Waals surface area contributed by atoms with Crippen LogP contribution < -0.4 is 15.4 Å². The number of hydrogen-bond donors (Lipinski definition) is 2. The number of benzene rings is 1. The van der Waals surface area contributed by atoms with Gasteiger partial charge in [-0.3, -0.25) is 0 Å². The van der Waals surface area contributed by atoms with Crippen LogP contribution in [0.4, 0.5) is 5.69 Å². The van der Waals surface area contributed by atoms with Crippen LogP contribution in [0.3, 0.4) is 0 Å².